The molecule has 2 amide bonds. The van der Waals surface area contributed by atoms with Crippen molar-refractivity contribution in [3.05, 3.63) is 73.6 Å². The zero-order valence-electron chi connectivity index (χ0n) is 25.9. The summed E-state index contributed by atoms with van der Waals surface area (Å²) in [6.07, 6.45) is 6.94. The lowest BCUT2D eigenvalue weighted by Crippen LogP contribution is -2.40. The van der Waals surface area contributed by atoms with Gasteiger partial charge in [0.2, 0.25) is 12.7 Å². The number of carbonyl (C=O) groups excluding carboxylic acids is 3. The third-order valence-electron chi connectivity index (χ3n) is 8.23. The van der Waals surface area contributed by atoms with E-state index in [4.69, 9.17) is 24.0 Å². The van der Waals surface area contributed by atoms with Gasteiger partial charge >= 0.3 is 12.2 Å². The number of ether oxygens (including phenoxy) is 4. The number of aromatic nitrogens is 4. The van der Waals surface area contributed by atoms with Crippen LogP contribution in [0.5, 0.6) is 11.5 Å². The highest BCUT2D eigenvalue weighted by Gasteiger charge is 2.29. The molecule has 244 valence electrons. The lowest BCUT2D eigenvalue weighted by molar-refractivity contribution is -0.127. The summed E-state index contributed by atoms with van der Waals surface area (Å²) in [6.45, 7) is 4.05. The number of piperidine rings is 1. The Hall–Kier alpha value is -5.46. The van der Waals surface area contributed by atoms with Crippen LogP contribution < -0.4 is 10.1 Å². The molecule has 4 aromatic rings. The normalized spacial score (nSPS) is 16.7. The third-order valence-corrected chi connectivity index (χ3v) is 8.23. The molecule has 0 spiro atoms. The molecular formula is C34H36N6O7. The summed E-state index contributed by atoms with van der Waals surface area (Å²) in [6, 6.07) is 16.6. The Morgan fingerprint density at radius 2 is 1.68 bits per heavy atom. The Balaban J connectivity index is 1.24. The summed E-state index contributed by atoms with van der Waals surface area (Å²) in [5.74, 6) is 1.35. The van der Waals surface area contributed by atoms with Gasteiger partial charge in [0.15, 0.2) is 11.5 Å². The Morgan fingerprint density at radius 1 is 0.915 bits per heavy atom. The quantitative estimate of drug-likeness (QED) is 0.120. The van der Waals surface area contributed by atoms with Crippen LogP contribution in [0.25, 0.3) is 22.3 Å². The van der Waals surface area contributed by atoms with E-state index in [1.807, 2.05) is 54.6 Å². The number of nitrogens with one attached hydrogen (secondary N) is 1. The van der Waals surface area contributed by atoms with Crippen molar-refractivity contribution in [2.45, 2.75) is 57.1 Å². The van der Waals surface area contributed by atoms with E-state index in [0.717, 1.165) is 50.5 Å². The predicted molar refractivity (Wildman–Crippen MR) is 172 cm³/mol. The molecule has 2 aromatic carbocycles. The van der Waals surface area contributed by atoms with Crippen molar-refractivity contribution in [2.75, 3.05) is 25.2 Å². The molecule has 47 heavy (non-hydrogen) atoms. The number of anilines is 1. The minimum absolute atomic E-state index is 0.148. The van der Waals surface area contributed by atoms with Crippen LogP contribution in [0.2, 0.25) is 0 Å². The van der Waals surface area contributed by atoms with Crippen molar-refractivity contribution >= 4 is 35.0 Å². The summed E-state index contributed by atoms with van der Waals surface area (Å²) < 4.78 is 23.1. The number of carbonyl (C=O) groups is 3. The molecule has 2 fully saturated rings. The molecule has 1 saturated carbocycles. The third kappa shape index (κ3) is 7.68. The molecule has 1 aliphatic heterocycles. The first-order valence-electron chi connectivity index (χ1n) is 15.7. The van der Waals surface area contributed by atoms with Gasteiger partial charge in [0.1, 0.15) is 29.6 Å². The SMILES string of the molecule is C=CC(=O)N1CCC[C@@H](n2nc(-c3ccc(Oc4ccccc4)cc3)c3c(NC(=O)OCOC(=O)OC4CCCCC4)ncnc32)C1. The first kappa shape index (κ1) is 31.5. The van der Waals surface area contributed by atoms with Crippen LogP contribution in [0.4, 0.5) is 15.4 Å². The number of fused-ring (bicyclic) bond motifs is 1. The topological polar surface area (TPSA) is 147 Å². The first-order valence-corrected chi connectivity index (χ1v) is 15.7. The average molecular weight is 641 g/mol. The number of nitrogens with zero attached hydrogens (tertiary/aromatic N) is 5. The van der Waals surface area contributed by atoms with Crippen molar-refractivity contribution in [1.29, 1.82) is 0 Å². The van der Waals surface area contributed by atoms with Gasteiger partial charge in [-0.3, -0.25) is 10.1 Å². The minimum atomic E-state index is -0.888. The maximum absolute atomic E-state index is 12.8. The molecule has 1 N–H and O–H groups in total. The summed E-state index contributed by atoms with van der Waals surface area (Å²) >= 11 is 0. The van der Waals surface area contributed by atoms with E-state index in [1.165, 1.54) is 12.4 Å². The van der Waals surface area contributed by atoms with Gasteiger partial charge in [0, 0.05) is 18.7 Å². The van der Waals surface area contributed by atoms with E-state index in [2.05, 4.69) is 21.9 Å². The zero-order valence-corrected chi connectivity index (χ0v) is 25.9. The van der Waals surface area contributed by atoms with Gasteiger partial charge in [-0.05, 0) is 81.0 Å². The fourth-order valence-corrected chi connectivity index (χ4v) is 5.93. The van der Waals surface area contributed by atoms with Crippen LogP contribution in [0.15, 0.2) is 73.6 Å². The maximum atomic E-state index is 12.8. The van der Waals surface area contributed by atoms with Gasteiger partial charge in [-0.25, -0.2) is 24.2 Å². The molecule has 1 saturated heterocycles. The van der Waals surface area contributed by atoms with Crippen LogP contribution >= 0.6 is 0 Å². The standard InChI is InChI=1S/C34H36N6O7/c1-2-28(41)39-19-9-10-24(20-39)40-32-29(30(38-40)23-15-17-27(18-16-23)46-25-11-5-3-6-12-25)31(35-21-36-32)37-33(42)44-22-45-34(43)47-26-13-7-4-8-14-26/h2-3,5-6,11-12,15-18,21,24,26H,1,4,7-10,13-14,19-20,22H2,(H,35,36,37,42)/t24-/m1/s1. The van der Waals surface area contributed by atoms with E-state index in [1.54, 1.807) is 9.58 Å². The highest BCUT2D eigenvalue weighted by atomic mass is 16.8. The van der Waals surface area contributed by atoms with Crippen molar-refractivity contribution in [2.24, 2.45) is 0 Å². The molecular weight excluding hydrogens is 604 g/mol. The van der Waals surface area contributed by atoms with Crippen LogP contribution in [0.3, 0.4) is 0 Å². The summed E-state index contributed by atoms with van der Waals surface area (Å²) in [4.78, 5) is 47.9. The number of hydrogen-bond acceptors (Lipinski definition) is 10. The molecule has 3 heterocycles. The van der Waals surface area contributed by atoms with Gasteiger partial charge in [0.25, 0.3) is 0 Å². The van der Waals surface area contributed by atoms with E-state index in [-0.39, 0.29) is 23.9 Å². The average Bonchev–Trinajstić information content (AvgIpc) is 3.50. The number of rotatable bonds is 9. The fraction of sp³-hybridized carbons (Fsp3) is 0.353. The lowest BCUT2D eigenvalue weighted by atomic mass is 9.98. The van der Waals surface area contributed by atoms with E-state index >= 15 is 0 Å². The van der Waals surface area contributed by atoms with Crippen LogP contribution in [0, 0.1) is 0 Å². The summed E-state index contributed by atoms with van der Waals surface area (Å²) in [5, 5.41) is 8.08. The number of hydrogen-bond donors (Lipinski definition) is 1. The second kappa shape index (κ2) is 14.8. The number of benzene rings is 2. The van der Waals surface area contributed by atoms with Crippen LogP contribution in [0.1, 0.15) is 51.0 Å². The molecule has 13 nitrogen and oxygen atoms in total. The van der Waals surface area contributed by atoms with Crippen LogP contribution in [-0.2, 0) is 19.0 Å². The largest absolute Gasteiger partial charge is 0.511 e. The van der Waals surface area contributed by atoms with Crippen LogP contribution in [-0.4, -0.2) is 68.8 Å². The monoisotopic (exact) mass is 640 g/mol. The Morgan fingerprint density at radius 3 is 2.45 bits per heavy atom. The molecule has 1 aliphatic carbocycles. The number of para-hydroxylation sites is 1. The fourth-order valence-electron chi connectivity index (χ4n) is 5.93. The molecule has 0 bridgehead atoms. The zero-order chi connectivity index (χ0) is 32.6. The van der Waals surface area contributed by atoms with Gasteiger partial charge in [-0.15, -0.1) is 0 Å². The van der Waals surface area contributed by atoms with Gasteiger partial charge in [-0.2, -0.15) is 5.10 Å². The summed E-state index contributed by atoms with van der Waals surface area (Å²) in [7, 11) is 0. The van der Waals surface area contributed by atoms with E-state index in [9.17, 15) is 14.4 Å². The minimum Gasteiger partial charge on any atom is -0.457 e. The molecule has 2 aliphatic rings. The van der Waals surface area contributed by atoms with Gasteiger partial charge in [-0.1, -0.05) is 31.2 Å². The van der Waals surface area contributed by atoms with Crippen molar-refractivity contribution < 1.29 is 33.3 Å². The van der Waals surface area contributed by atoms with E-state index < -0.39 is 19.0 Å². The molecule has 0 unspecified atom stereocenters. The second-order valence-electron chi connectivity index (χ2n) is 11.4. The Labute approximate surface area is 271 Å². The number of likely N-dealkylation sites (tertiary alicyclic amines) is 1. The second-order valence-corrected chi connectivity index (χ2v) is 11.4. The van der Waals surface area contributed by atoms with Gasteiger partial charge in [0.05, 0.1) is 11.4 Å². The molecule has 2 aromatic heterocycles. The Bertz CT molecular complexity index is 1720. The summed E-state index contributed by atoms with van der Waals surface area (Å²) in [5.41, 5.74) is 1.71. The Kier molecular flexibility index (Phi) is 9.90. The molecule has 6 rings (SSSR count). The van der Waals surface area contributed by atoms with Crippen molar-refractivity contribution in [3.8, 4) is 22.8 Å². The molecule has 13 heteroatoms. The maximum Gasteiger partial charge on any atom is 0.511 e. The first-order chi connectivity index (χ1) is 23.0. The lowest BCUT2D eigenvalue weighted by Gasteiger charge is -2.32. The highest BCUT2D eigenvalue weighted by molar-refractivity contribution is 6.03. The molecule has 1 atom stereocenters. The number of amides is 2. The smallest absolute Gasteiger partial charge is 0.457 e. The highest BCUT2D eigenvalue weighted by Crippen LogP contribution is 2.36. The van der Waals surface area contributed by atoms with Crippen molar-refractivity contribution in [3.63, 3.8) is 0 Å². The van der Waals surface area contributed by atoms with Gasteiger partial charge < -0.3 is 23.8 Å². The van der Waals surface area contributed by atoms with Crippen molar-refractivity contribution in [1.82, 2.24) is 24.6 Å². The molecule has 0 radical (unpaired) electrons. The van der Waals surface area contributed by atoms with E-state index in [0.29, 0.717) is 41.3 Å². The predicted octanol–water partition coefficient (Wildman–Crippen LogP) is 6.63.